The molecule has 1 N–H and O–H groups in total. The molecule has 2 aliphatic carbocycles. The van der Waals surface area contributed by atoms with Crippen LogP contribution in [0.4, 0.5) is 0 Å². The molecule has 0 aromatic carbocycles. The summed E-state index contributed by atoms with van der Waals surface area (Å²) in [6.07, 6.45) is 13.0. The highest BCUT2D eigenvalue weighted by atomic mass is 16.3. The van der Waals surface area contributed by atoms with E-state index in [2.05, 4.69) is 38.2 Å². The molecular formula is C15H22O. The molecule has 2 rings (SSSR count). The van der Waals surface area contributed by atoms with Crippen LogP contribution in [0.25, 0.3) is 0 Å². The normalized spacial score (nSPS) is 34.6. The Labute approximate surface area is 98.6 Å². The first-order valence-corrected chi connectivity index (χ1v) is 6.46. The molecule has 88 valence electrons. The van der Waals surface area contributed by atoms with Crippen LogP contribution >= 0.6 is 0 Å². The fourth-order valence-corrected chi connectivity index (χ4v) is 2.59. The summed E-state index contributed by atoms with van der Waals surface area (Å²) >= 11 is 0. The van der Waals surface area contributed by atoms with Crippen molar-refractivity contribution < 1.29 is 5.11 Å². The molecule has 0 fully saturated rings. The summed E-state index contributed by atoms with van der Waals surface area (Å²) in [6.45, 7) is 4.45. The van der Waals surface area contributed by atoms with Crippen LogP contribution in [0.1, 0.15) is 39.5 Å². The van der Waals surface area contributed by atoms with Crippen LogP contribution in [0.2, 0.25) is 0 Å². The Kier molecular flexibility index (Phi) is 3.65. The topological polar surface area (TPSA) is 20.2 Å². The van der Waals surface area contributed by atoms with E-state index in [0.29, 0.717) is 11.8 Å². The lowest BCUT2D eigenvalue weighted by Gasteiger charge is -2.26. The second kappa shape index (κ2) is 5.01. The van der Waals surface area contributed by atoms with Crippen LogP contribution in [-0.4, -0.2) is 11.2 Å². The standard InChI is InChI=1S/C15H22O/c1-3-12-8-14(10-15(16)9-12)13-6-4-11(2)5-7-13/h4,6-7,10-12,15-16H,3,5,8-9H2,1-2H3. The molecule has 3 atom stereocenters. The van der Waals surface area contributed by atoms with Crippen molar-refractivity contribution in [1.82, 2.24) is 0 Å². The van der Waals surface area contributed by atoms with Gasteiger partial charge in [-0.25, -0.2) is 0 Å². The van der Waals surface area contributed by atoms with Gasteiger partial charge in [0.25, 0.3) is 0 Å². The largest absolute Gasteiger partial charge is 0.389 e. The molecule has 16 heavy (non-hydrogen) atoms. The number of hydrogen-bond donors (Lipinski definition) is 1. The lowest BCUT2D eigenvalue weighted by Crippen LogP contribution is -2.18. The summed E-state index contributed by atoms with van der Waals surface area (Å²) in [4.78, 5) is 0. The van der Waals surface area contributed by atoms with E-state index in [9.17, 15) is 5.11 Å². The van der Waals surface area contributed by atoms with Gasteiger partial charge in [-0.15, -0.1) is 0 Å². The molecule has 0 aliphatic heterocycles. The third-order valence-corrected chi connectivity index (χ3v) is 3.74. The Morgan fingerprint density at radius 1 is 1.44 bits per heavy atom. The minimum Gasteiger partial charge on any atom is -0.389 e. The number of rotatable bonds is 2. The Hall–Kier alpha value is -0.820. The summed E-state index contributed by atoms with van der Waals surface area (Å²) in [5.74, 6) is 1.32. The van der Waals surface area contributed by atoms with Crippen LogP contribution in [0.5, 0.6) is 0 Å². The third-order valence-electron chi connectivity index (χ3n) is 3.74. The lowest BCUT2D eigenvalue weighted by atomic mass is 9.81. The highest BCUT2D eigenvalue weighted by molar-refractivity contribution is 5.43. The summed E-state index contributed by atoms with van der Waals surface area (Å²) in [5.41, 5.74) is 2.70. The molecule has 1 nitrogen and oxygen atoms in total. The van der Waals surface area contributed by atoms with Gasteiger partial charge in [-0.3, -0.25) is 0 Å². The van der Waals surface area contributed by atoms with Crippen molar-refractivity contribution in [2.24, 2.45) is 11.8 Å². The SMILES string of the molecule is CCC1CC(C2=CCC(C)C=C2)=CC(O)C1. The molecule has 0 aromatic rings. The second-order valence-corrected chi connectivity index (χ2v) is 5.20. The van der Waals surface area contributed by atoms with Crippen LogP contribution in [0.15, 0.2) is 35.5 Å². The zero-order chi connectivity index (χ0) is 11.5. The van der Waals surface area contributed by atoms with Gasteiger partial charge in [0.2, 0.25) is 0 Å². The molecule has 0 aromatic heterocycles. The average molecular weight is 218 g/mol. The number of allylic oxidation sites excluding steroid dienone is 5. The van der Waals surface area contributed by atoms with Crippen molar-refractivity contribution in [2.45, 2.75) is 45.6 Å². The van der Waals surface area contributed by atoms with Gasteiger partial charge in [0, 0.05) is 0 Å². The van der Waals surface area contributed by atoms with Gasteiger partial charge >= 0.3 is 0 Å². The first-order chi connectivity index (χ1) is 7.69. The van der Waals surface area contributed by atoms with E-state index in [-0.39, 0.29) is 6.10 Å². The van der Waals surface area contributed by atoms with Crippen molar-refractivity contribution in [3.8, 4) is 0 Å². The minimum absolute atomic E-state index is 0.234. The highest BCUT2D eigenvalue weighted by Crippen LogP contribution is 2.33. The maximum absolute atomic E-state index is 9.84. The molecule has 2 aliphatic rings. The highest BCUT2D eigenvalue weighted by Gasteiger charge is 2.21. The minimum atomic E-state index is -0.234. The first-order valence-electron chi connectivity index (χ1n) is 6.46. The lowest BCUT2D eigenvalue weighted by molar-refractivity contribution is 0.174. The van der Waals surface area contributed by atoms with Crippen LogP contribution < -0.4 is 0 Å². The first kappa shape index (κ1) is 11.7. The fraction of sp³-hybridized carbons (Fsp3) is 0.600. The van der Waals surface area contributed by atoms with Gasteiger partial charge < -0.3 is 5.11 Å². The maximum Gasteiger partial charge on any atom is 0.0729 e. The Bertz CT molecular complexity index is 335. The number of aliphatic hydroxyl groups is 1. The predicted octanol–water partition coefficient (Wildman–Crippen LogP) is 3.62. The van der Waals surface area contributed by atoms with Crippen molar-refractivity contribution in [3.63, 3.8) is 0 Å². The monoisotopic (exact) mass is 218 g/mol. The van der Waals surface area contributed by atoms with E-state index in [1.807, 2.05) is 0 Å². The van der Waals surface area contributed by atoms with Crippen molar-refractivity contribution in [3.05, 3.63) is 35.5 Å². The molecule has 0 spiro atoms. The van der Waals surface area contributed by atoms with Gasteiger partial charge in [-0.2, -0.15) is 0 Å². The maximum atomic E-state index is 9.84. The molecule has 1 heteroatoms. The molecule has 0 radical (unpaired) electrons. The molecule has 0 bridgehead atoms. The van der Waals surface area contributed by atoms with Crippen molar-refractivity contribution >= 4 is 0 Å². The molecule has 0 saturated heterocycles. The summed E-state index contributed by atoms with van der Waals surface area (Å²) in [6, 6.07) is 0. The zero-order valence-electron chi connectivity index (χ0n) is 10.3. The van der Waals surface area contributed by atoms with Gasteiger partial charge in [0.1, 0.15) is 0 Å². The van der Waals surface area contributed by atoms with E-state index < -0.39 is 0 Å². The van der Waals surface area contributed by atoms with E-state index in [1.165, 1.54) is 17.6 Å². The molecular weight excluding hydrogens is 196 g/mol. The molecule has 0 amide bonds. The predicted molar refractivity (Wildman–Crippen MR) is 68.1 cm³/mol. The summed E-state index contributed by atoms with van der Waals surface area (Å²) in [5, 5.41) is 9.84. The molecule has 3 unspecified atom stereocenters. The van der Waals surface area contributed by atoms with Gasteiger partial charge in [0.05, 0.1) is 6.10 Å². The van der Waals surface area contributed by atoms with Crippen molar-refractivity contribution in [1.29, 1.82) is 0 Å². The number of aliphatic hydroxyl groups excluding tert-OH is 1. The summed E-state index contributed by atoms with van der Waals surface area (Å²) in [7, 11) is 0. The zero-order valence-corrected chi connectivity index (χ0v) is 10.3. The average Bonchev–Trinajstić information content (AvgIpc) is 2.29. The molecule has 0 heterocycles. The smallest absolute Gasteiger partial charge is 0.0729 e. The summed E-state index contributed by atoms with van der Waals surface area (Å²) < 4.78 is 0. The van der Waals surface area contributed by atoms with Gasteiger partial charge in [-0.05, 0) is 42.2 Å². The van der Waals surface area contributed by atoms with Crippen LogP contribution in [0.3, 0.4) is 0 Å². The second-order valence-electron chi connectivity index (χ2n) is 5.20. The number of hydrogen-bond acceptors (Lipinski definition) is 1. The quantitative estimate of drug-likeness (QED) is 0.750. The van der Waals surface area contributed by atoms with E-state index in [4.69, 9.17) is 0 Å². The fourth-order valence-electron chi connectivity index (χ4n) is 2.59. The Morgan fingerprint density at radius 2 is 2.25 bits per heavy atom. The van der Waals surface area contributed by atoms with E-state index in [1.54, 1.807) is 0 Å². The van der Waals surface area contributed by atoms with Gasteiger partial charge in [-0.1, -0.05) is 44.6 Å². The van der Waals surface area contributed by atoms with Crippen molar-refractivity contribution in [2.75, 3.05) is 0 Å². The molecule has 0 saturated carbocycles. The Balaban J connectivity index is 2.12. The van der Waals surface area contributed by atoms with Crippen LogP contribution in [-0.2, 0) is 0 Å². The third kappa shape index (κ3) is 2.65. The van der Waals surface area contributed by atoms with Gasteiger partial charge in [0.15, 0.2) is 0 Å². The van der Waals surface area contributed by atoms with E-state index in [0.717, 1.165) is 19.3 Å². The van der Waals surface area contributed by atoms with E-state index >= 15 is 0 Å². The van der Waals surface area contributed by atoms with Crippen LogP contribution in [0, 0.1) is 11.8 Å². The Morgan fingerprint density at radius 3 is 2.88 bits per heavy atom.